The van der Waals surface area contributed by atoms with Crippen molar-refractivity contribution in [2.24, 2.45) is 0 Å². The number of carbonyl (C=O) groups is 1. The molecule has 0 bridgehead atoms. The van der Waals surface area contributed by atoms with Gasteiger partial charge in [0.25, 0.3) is 0 Å². The maximum atomic E-state index is 13.7. The Hall–Kier alpha value is -1.62. The van der Waals surface area contributed by atoms with E-state index in [9.17, 15) is 9.18 Å². The van der Waals surface area contributed by atoms with Crippen LogP contribution in [0.25, 0.3) is 0 Å². The average molecular weight is 255 g/mol. The maximum Gasteiger partial charge on any atom is 0.303 e. The predicted octanol–water partition coefficient (Wildman–Crippen LogP) is 2.35. The number of hydrogen-bond donors (Lipinski definition) is 2. The minimum atomic E-state index is -0.860. The predicted molar refractivity (Wildman–Crippen MR) is 66.2 cm³/mol. The minimum absolute atomic E-state index is 0.0420. The Balaban J connectivity index is 2.80. The molecule has 0 aromatic heterocycles. The summed E-state index contributed by atoms with van der Waals surface area (Å²) in [5.74, 6) is -1.07. The highest BCUT2D eigenvalue weighted by molar-refractivity contribution is 5.66. The zero-order chi connectivity index (χ0) is 13.5. The molecule has 0 aliphatic rings. The molecule has 18 heavy (non-hydrogen) atoms. The molecule has 0 fully saturated rings. The lowest BCUT2D eigenvalue weighted by atomic mass is 10.0. The summed E-state index contributed by atoms with van der Waals surface area (Å²) >= 11 is 0. The summed E-state index contributed by atoms with van der Waals surface area (Å²) in [6.45, 7) is 2.20. The molecule has 1 aromatic rings. The van der Waals surface area contributed by atoms with E-state index >= 15 is 0 Å². The summed E-state index contributed by atoms with van der Waals surface area (Å²) in [6.07, 6.45) is 0.458. The van der Waals surface area contributed by atoms with Crippen LogP contribution >= 0.6 is 0 Å². The summed E-state index contributed by atoms with van der Waals surface area (Å²) in [5.41, 5.74) is 0.722. The van der Waals surface area contributed by atoms with Crippen LogP contribution in [-0.2, 0) is 4.79 Å². The molecule has 0 radical (unpaired) electrons. The standard InChI is InChI=1S/C13H18FNO3/c1-3-18-12-6-4-9(8-10(12)14)11(15-2)5-7-13(16)17/h4,6,8,11,15H,3,5,7H2,1-2H3,(H,16,17). The summed E-state index contributed by atoms with van der Waals surface area (Å²) < 4.78 is 18.8. The molecule has 0 spiro atoms. The van der Waals surface area contributed by atoms with Crippen molar-refractivity contribution < 1.29 is 19.0 Å². The molecule has 100 valence electrons. The van der Waals surface area contributed by atoms with Crippen molar-refractivity contribution in [1.82, 2.24) is 5.32 Å². The third-order valence-electron chi connectivity index (χ3n) is 2.65. The second kappa shape index (κ2) is 6.96. The van der Waals surface area contributed by atoms with Crippen molar-refractivity contribution in [2.75, 3.05) is 13.7 Å². The zero-order valence-electron chi connectivity index (χ0n) is 10.6. The fourth-order valence-electron chi connectivity index (χ4n) is 1.75. The Morgan fingerprint density at radius 3 is 2.78 bits per heavy atom. The van der Waals surface area contributed by atoms with Gasteiger partial charge in [-0.2, -0.15) is 0 Å². The van der Waals surface area contributed by atoms with E-state index in [1.807, 2.05) is 0 Å². The number of carboxylic acid groups (broad SMARTS) is 1. The number of hydrogen-bond acceptors (Lipinski definition) is 3. The molecule has 1 atom stereocenters. The van der Waals surface area contributed by atoms with Gasteiger partial charge < -0.3 is 15.2 Å². The van der Waals surface area contributed by atoms with Gasteiger partial charge in [0, 0.05) is 12.5 Å². The van der Waals surface area contributed by atoms with Gasteiger partial charge in [0.15, 0.2) is 11.6 Å². The number of carboxylic acids is 1. The Morgan fingerprint density at radius 2 is 2.28 bits per heavy atom. The van der Waals surface area contributed by atoms with Gasteiger partial charge in [-0.15, -0.1) is 0 Å². The maximum absolute atomic E-state index is 13.7. The van der Waals surface area contributed by atoms with Crippen LogP contribution in [0.4, 0.5) is 4.39 Å². The molecular weight excluding hydrogens is 237 g/mol. The highest BCUT2D eigenvalue weighted by Gasteiger charge is 2.13. The summed E-state index contributed by atoms with van der Waals surface area (Å²) in [6, 6.07) is 4.52. The number of nitrogens with one attached hydrogen (secondary N) is 1. The van der Waals surface area contributed by atoms with E-state index in [4.69, 9.17) is 9.84 Å². The van der Waals surface area contributed by atoms with Crippen LogP contribution in [-0.4, -0.2) is 24.7 Å². The van der Waals surface area contributed by atoms with Gasteiger partial charge in [0.2, 0.25) is 0 Å². The van der Waals surface area contributed by atoms with Gasteiger partial charge in [0.05, 0.1) is 6.61 Å². The van der Waals surface area contributed by atoms with Crippen molar-refractivity contribution >= 4 is 5.97 Å². The normalized spacial score (nSPS) is 12.2. The Kier molecular flexibility index (Phi) is 5.58. The average Bonchev–Trinajstić information content (AvgIpc) is 2.33. The van der Waals surface area contributed by atoms with Crippen molar-refractivity contribution in [2.45, 2.75) is 25.8 Å². The smallest absolute Gasteiger partial charge is 0.303 e. The fourth-order valence-corrected chi connectivity index (χ4v) is 1.75. The summed E-state index contributed by atoms with van der Waals surface area (Å²) in [7, 11) is 1.72. The van der Waals surface area contributed by atoms with Crippen LogP contribution in [0.15, 0.2) is 18.2 Å². The molecule has 5 heteroatoms. The minimum Gasteiger partial charge on any atom is -0.491 e. The van der Waals surface area contributed by atoms with Gasteiger partial charge in [-0.25, -0.2) is 4.39 Å². The lowest BCUT2D eigenvalue weighted by Gasteiger charge is -2.16. The molecule has 0 amide bonds. The van der Waals surface area contributed by atoms with Crippen LogP contribution < -0.4 is 10.1 Å². The highest BCUT2D eigenvalue weighted by Crippen LogP contribution is 2.24. The van der Waals surface area contributed by atoms with Gasteiger partial charge >= 0.3 is 5.97 Å². The van der Waals surface area contributed by atoms with E-state index < -0.39 is 11.8 Å². The van der Waals surface area contributed by atoms with Crippen LogP contribution in [0.1, 0.15) is 31.4 Å². The molecular formula is C13H18FNO3. The van der Waals surface area contributed by atoms with E-state index in [0.717, 1.165) is 5.56 Å². The quantitative estimate of drug-likeness (QED) is 0.785. The lowest BCUT2D eigenvalue weighted by molar-refractivity contribution is -0.137. The van der Waals surface area contributed by atoms with Gasteiger partial charge in [-0.1, -0.05) is 6.07 Å². The number of benzene rings is 1. The Labute approximate surface area is 106 Å². The van der Waals surface area contributed by atoms with Gasteiger partial charge in [-0.3, -0.25) is 4.79 Å². The molecule has 0 aliphatic heterocycles. The van der Waals surface area contributed by atoms with E-state index in [-0.39, 0.29) is 18.2 Å². The van der Waals surface area contributed by atoms with Crippen molar-refractivity contribution in [3.8, 4) is 5.75 Å². The zero-order valence-corrected chi connectivity index (χ0v) is 10.6. The molecule has 1 rings (SSSR count). The molecule has 2 N–H and O–H groups in total. The molecule has 1 unspecified atom stereocenters. The molecule has 0 heterocycles. The largest absolute Gasteiger partial charge is 0.491 e. The van der Waals surface area contributed by atoms with E-state index in [2.05, 4.69) is 5.32 Å². The molecule has 0 saturated carbocycles. The summed E-state index contributed by atoms with van der Waals surface area (Å²) in [5, 5.41) is 11.6. The Bertz CT molecular complexity index is 409. The van der Waals surface area contributed by atoms with E-state index in [0.29, 0.717) is 13.0 Å². The summed E-state index contributed by atoms with van der Waals surface area (Å²) in [4.78, 5) is 10.5. The molecule has 4 nitrogen and oxygen atoms in total. The fraction of sp³-hybridized carbons (Fsp3) is 0.462. The molecule has 0 saturated heterocycles. The SMILES string of the molecule is CCOc1ccc(C(CCC(=O)O)NC)cc1F. The topological polar surface area (TPSA) is 58.6 Å². The van der Waals surface area contributed by atoms with Crippen molar-refractivity contribution in [3.63, 3.8) is 0 Å². The number of aliphatic carboxylic acids is 1. The second-order valence-corrected chi connectivity index (χ2v) is 3.90. The number of ether oxygens (including phenoxy) is 1. The first-order valence-electron chi connectivity index (χ1n) is 5.89. The van der Waals surface area contributed by atoms with Crippen molar-refractivity contribution in [3.05, 3.63) is 29.6 Å². The number of halogens is 1. The highest BCUT2D eigenvalue weighted by atomic mass is 19.1. The first-order chi connectivity index (χ1) is 8.58. The van der Waals surface area contributed by atoms with Crippen LogP contribution in [0.3, 0.4) is 0 Å². The number of rotatable bonds is 7. The first kappa shape index (κ1) is 14.4. The lowest BCUT2D eigenvalue weighted by Crippen LogP contribution is -2.17. The van der Waals surface area contributed by atoms with E-state index in [1.165, 1.54) is 6.07 Å². The first-order valence-corrected chi connectivity index (χ1v) is 5.89. The Morgan fingerprint density at radius 1 is 1.56 bits per heavy atom. The molecule has 1 aromatic carbocycles. The van der Waals surface area contributed by atoms with Gasteiger partial charge in [0.1, 0.15) is 0 Å². The van der Waals surface area contributed by atoms with Crippen LogP contribution in [0.5, 0.6) is 5.75 Å². The monoisotopic (exact) mass is 255 g/mol. The second-order valence-electron chi connectivity index (χ2n) is 3.90. The van der Waals surface area contributed by atoms with Gasteiger partial charge in [-0.05, 0) is 38.1 Å². The third kappa shape index (κ3) is 4.00. The molecule has 0 aliphatic carbocycles. The van der Waals surface area contributed by atoms with Crippen LogP contribution in [0.2, 0.25) is 0 Å². The van der Waals surface area contributed by atoms with Crippen LogP contribution in [0, 0.1) is 5.82 Å². The third-order valence-corrected chi connectivity index (χ3v) is 2.65. The van der Waals surface area contributed by atoms with E-state index in [1.54, 1.807) is 26.1 Å². The van der Waals surface area contributed by atoms with Crippen molar-refractivity contribution in [1.29, 1.82) is 0 Å².